The van der Waals surface area contributed by atoms with Crippen molar-refractivity contribution in [1.29, 1.82) is 0 Å². The van der Waals surface area contributed by atoms with Crippen molar-refractivity contribution in [3.8, 4) is 5.75 Å². The molecular formula is C18H25N3O2S. The van der Waals surface area contributed by atoms with Gasteiger partial charge >= 0.3 is 0 Å². The number of carbonyl (C=O) groups excluding carboxylic acids is 1. The summed E-state index contributed by atoms with van der Waals surface area (Å²) in [6, 6.07) is 7.50. The van der Waals surface area contributed by atoms with E-state index in [1.807, 2.05) is 12.1 Å². The summed E-state index contributed by atoms with van der Waals surface area (Å²) in [6.07, 6.45) is 3.39. The number of thiocarbonyl (C=S) groups is 1. The van der Waals surface area contributed by atoms with Crippen molar-refractivity contribution in [2.75, 3.05) is 26.2 Å². The number of hydrogen-bond acceptors (Lipinski definition) is 4. The van der Waals surface area contributed by atoms with Crippen molar-refractivity contribution in [3.63, 3.8) is 0 Å². The quantitative estimate of drug-likeness (QED) is 0.800. The lowest BCUT2D eigenvalue weighted by atomic mass is 9.84. The number of rotatable bonds is 5. The molecule has 3 heterocycles. The van der Waals surface area contributed by atoms with Crippen LogP contribution in [0.4, 0.5) is 0 Å². The molecule has 0 spiro atoms. The Bertz CT molecular complexity index is 582. The highest BCUT2D eigenvalue weighted by Gasteiger charge is 2.34. The van der Waals surface area contributed by atoms with E-state index in [4.69, 9.17) is 17.0 Å². The van der Waals surface area contributed by atoms with E-state index in [-0.39, 0.29) is 5.91 Å². The molecule has 3 aliphatic rings. The van der Waals surface area contributed by atoms with Crippen molar-refractivity contribution >= 4 is 23.2 Å². The number of nitrogens with zero attached hydrogens (tertiary/aromatic N) is 1. The molecular weight excluding hydrogens is 322 g/mol. The Kier molecular flexibility index (Phi) is 5.68. The largest absolute Gasteiger partial charge is 0.494 e. The Hall–Kier alpha value is -1.66. The molecule has 24 heavy (non-hydrogen) atoms. The lowest BCUT2D eigenvalue weighted by molar-refractivity contribution is 0.0807. The molecule has 4 rings (SSSR count). The highest BCUT2D eigenvalue weighted by molar-refractivity contribution is 7.80. The van der Waals surface area contributed by atoms with Crippen LogP contribution in [-0.2, 0) is 0 Å². The molecule has 1 aromatic rings. The van der Waals surface area contributed by atoms with Gasteiger partial charge in [0.25, 0.3) is 5.91 Å². The number of ether oxygens (including phenoxy) is 1. The minimum Gasteiger partial charge on any atom is -0.494 e. The molecule has 3 aliphatic heterocycles. The number of hydrogen-bond donors (Lipinski definition) is 2. The van der Waals surface area contributed by atoms with Gasteiger partial charge in [-0.25, -0.2) is 0 Å². The maximum absolute atomic E-state index is 12.3. The minimum atomic E-state index is -0.184. The maximum atomic E-state index is 12.3. The van der Waals surface area contributed by atoms with Gasteiger partial charge < -0.3 is 15.0 Å². The van der Waals surface area contributed by atoms with Gasteiger partial charge in [0.2, 0.25) is 0 Å². The summed E-state index contributed by atoms with van der Waals surface area (Å²) in [5, 5.41) is 6.53. The molecule has 1 unspecified atom stereocenters. The standard InChI is InChI=1S/C18H25N3O2S/c1-2-11-23-15-5-3-14(4-6-15)17(22)20-18(24)19-16-12-21-9-7-13(16)8-10-21/h3-6,13,16H,2,7-12H2,1H3,(H2,19,20,22,24). The predicted molar refractivity (Wildman–Crippen MR) is 98.4 cm³/mol. The first-order valence-electron chi connectivity index (χ1n) is 8.72. The van der Waals surface area contributed by atoms with Crippen LogP contribution in [0.15, 0.2) is 24.3 Å². The Labute approximate surface area is 148 Å². The lowest BCUT2D eigenvalue weighted by Gasteiger charge is -2.45. The third kappa shape index (κ3) is 4.24. The van der Waals surface area contributed by atoms with Crippen molar-refractivity contribution < 1.29 is 9.53 Å². The van der Waals surface area contributed by atoms with Crippen LogP contribution in [0, 0.1) is 5.92 Å². The zero-order valence-electron chi connectivity index (χ0n) is 14.1. The van der Waals surface area contributed by atoms with E-state index in [0.29, 0.717) is 29.2 Å². The van der Waals surface area contributed by atoms with Gasteiger partial charge in [0, 0.05) is 18.2 Å². The zero-order valence-corrected chi connectivity index (χ0v) is 14.9. The topological polar surface area (TPSA) is 53.6 Å². The Morgan fingerprint density at radius 2 is 2.00 bits per heavy atom. The summed E-state index contributed by atoms with van der Waals surface area (Å²) in [7, 11) is 0. The molecule has 130 valence electrons. The zero-order chi connectivity index (χ0) is 16.9. The lowest BCUT2D eigenvalue weighted by Crippen LogP contribution is -2.59. The number of nitrogens with one attached hydrogen (secondary N) is 2. The normalized spacial score (nSPS) is 25.1. The van der Waals surface area contributed by atoms with E-state index >= 15 is 0 Å². The van der Waals surface area contributed by atoms with Crippen LogP contribution in [0.5, 0.6) is 5.75 Å². The van der Waals surface area contributed by atoms with E-state index in [9.17, 15) is 4.79 Å². The van der Waals surface area contributed by atoms with Crippen LogP contribution in [0.2, 0.25) is 0 Å². The van der Waals surface area contributed by atoms with Crippen LogP contribution < -0.4 is 15.4 Å². The van der Waals surface area contributed by atoms with E-state index in [0.717, 1.165) is 18.7 Å². The third-order valence-corrected chi connectivity index (χ3v) is 5.01. The van der Waals surface area contributed by atoms with Gasteiger partial charge in [-0.15, -0.1) is 0 Å². The molecule has 2 bridgehead atoms. The number of fused-ring (bicyclic) bond motifs is 3. The van der Waals surface area contributed by atoms with E-state index in [1.165, 1.54) is 25.9 Å². The average Bonchev–Trinajstić information content (AvgIpc) is 2.61. The molecule has 1 atom stereocenters. The second kappa shape index (κ2) is 7.94. The van der Waals surface area contributed by atoms with E-state index in [1.54, 1.807) is 12.1 Å². The molecule has 5 nitrogen and oxygen atoms in total. The minimum absolute atomic E-state index is 0.184. The number of carbonyl (C=O) groups is 1. The monoisotopic (exact) mass is 347 g/mol. The second-order valence-electron chi connectivity index (χ2n) is 6.54. The first-order chi connectivity index (χ1) is 11.7. The van der Waals surface area contributed by atoms with Crippen LogP contribution in [0.25, 0.3) is 0 Å². The van der Waals surface area contributed by atoms with Gasteiger partial charge in [-0.05, 0) is 74.8 Å². The van der Waals surface area contributed by atoms with Crippen LogP contribution in [-0.4, -0.2) is 48.2 Å². The van der Waals surface area contributed by atoms with E-state index in [2.05, 4.69) is 22.5 Å². The molecule has 2 N–H and O–H groups in total. The van der Waals surface area contributed by atoms with Crippen LogP contribution in [0.3, 0.4) is 0 Å². The number of benzene rings is 1. The molecule has 1 amide bonds. The second-order valence-corrected chi connectivity index (χ2v) is 6.95. The summed E-state index contributed by atoms with van der Waals surface area (Å²) >= 11 is 5.32. The van der Waals surface area contributed by atoms with Crippen LogP contribution >= 0.6 is 12.2 Å². The first-order valence-corrected chi connectivity index (χ1v) is 9.13. The summed E-state index contributed by atoms with van der Waals surface area (Å²) in [6.45, 7) is 6.14. The molecule has 1 aromatic carbocycles. The number of amides is 1. The first kappa shape index (κ1) is 17.2. The molecule has 0 radical (unpaired) electrons. The number of piperidine rings is 3. The molecule has 0 aliphatic carbocycles. The van der Waals surface area contributed by atoms with Gasteiger partial charge in [-0.1, -0.05) is 6.92 Å². The molecule has 6 heteroatoms. The molecule has 0 aromatic heterocycles. The Balaban J connectivity index is 1.49. The SMILES string of the molecule is CCCOc1ccc(C(=O)NC(=S)NC2CN3CCC2CC3)cc1. The highest BCUT2D eigenvalue weighted by atomic mass is 32.1. The summed E-state index contributed by atoms with van der Waals surface area (Å²) in [4.78, 5) is 14.7. The Morgan fingerprint density at radius 1 is 1.29 bits per heavy atom. The summed E-state index contributed by atoms with van der Waals surface area (Å²) in [5.74, 6) is 1.26. The van der Waals surface area contributed by atoms with Gasteiger partial charge in [-0.2, -0.15) is 0 Å². The maximum Gasteiger partial charge on any atom is 0.257 e. The molecule has 3 saturated heterocycles. The van der Waals surface area contributed by atoms with Gasteiger partial charge in [-0.3, -0.25) is 10.1 Å². The van der Waals surface area contributed by atoms with Crippen molar-refractivity contribution in [3.05, 3.63) is 29.8 Å². The fourth-order valence-corrected chi connectivity index (χ4v) is 3.67. The van der Waals surface area contributed by atoms with Crippen molar-refractivity contribution in [2.45, 2.75) is 32.2 Å². The van der Waals surface area contributed by atoms with Gasteiger partial charge in [0.05, 0.1) is 6.61 Å². The summed E-state index contributed by atoms with van der Waals surface area (Å²) < 4.78 is 5.53. The fourth-order valence-electron chi connectivity index (χ4n) is 3.43. The van der Waals surface area contributed by atoms with Gasteiger partial charge in [0.1, 0.15) is 5.75 Å². The average molecular weight is 347 g/mol. The molecule has 3 fully saturated rings. The van der Waals surface area contributed by atoms with Crippen molar-refractivity contribution in [1.82, 2.24) is 15.5 Å². The van der Waals surface area contributed by atoms with E-state index < -0.39 is 0 Å². The van der Waals surface area contributed by atoms with Crippen molar-refractivity contribution in [2.24, 2.45) is 5.92 Å². The predicted octanol–water partition coefficient (Wildman–Crippen LogP) is 2.17. The van der Waals surface area contributed by atoms with Crippen LogP contribution in [0.1, 0.15) is 36.5 Å². The third-order valence-electron chi connectivity index (χ3n) is 4.79. The smallest absolute Gasteiger partial charge is 0.257 e. The summed E-state index contributed by atoms with van der Waals surface area (Å²) in [5.41, 5.74) is 0.580. The van der Waals surface area contributed by atoms with Gasteiger partial charge in [0.15, 0.2) is 5.11 Å². The highest BCUT2D eigenvalue weighted by Crippen LogP contribution is 2.27. The molecule has 0 saturated carbocycles. The Morgan fingerprint density at radius 3 is 2.58 bits per heavy atom. The fraction of sp³-hybridized carbons (Fsp3) is 0.556.